The first-order valence-corrected chi connectivity index (χ1v) is 11.8. The lowest BCUT2D eigenvalue weighted by Gasteiger charge is -2.19. The topological polar surface area (TPSA) is 95.6 Å². The van der Waals surface area contributed by atoms with Crippen LogP contribution >= 0.6 is 0 Å². The van der Waals surface area contributed by atoms with Crippen LogP contribution in [0.3, 0.4) is 0 Å². The molecule has 1 saturated heterocycles. The molecule has 3 aromatic carbocycles. The number of anilines is 3. The molecule has 1 fully saturated rings. The second-order valence-corrected chi connectivity index (χ2v) is 9.08. The van der Waals surface area contributed by atoms with Gasteiger partial charge in [0.2, 0.25) is 11.8 Å². The van der Waals surface area contributed by atoms with Gasteiger partial charge in [-0.25, -0.2) is 4.90 Å². The van der Waals surface area contributed by atoms with Crippen LogP contribution in [0.25, 0.3) is 0 Å². The zero-order valence-electron chi connectivity index (χ0n) is 19.7. The maximum Gasteiger partial charge on any atom is 0.257 e. The Hall–Kier alpha value is -4.52. The van der Waals surface area contributed by atoms with Gasteiger partial charge in [-0.15, -0.1) is 0 Å². The van der Waals surface area contributed by atoms with Gasteiger partial charge in [0.05, 0.1) is 23.1 Å². The van der Waals surface area contributed by atoms with Crippen molar-refractivity contribution in [3.05, 3.63) is 102 Å². The SMILES string of the molecule is CC1=CC[C@H]2C(=O)N(c3ccccc3C(=O)Nc3ccc(C(=O)Nc4ccccc4)cc3)C(=O)[C@H]2C1. The Morgan fingerprint density at radius 1 is 0.750 bits per heavy atom. The summed E-state index contributed by atoms with van der Waals surface area (Å²) in [4.78, 5) is 53.1. The highest BCUT2D eigenvalue weighted by Crippen LogP contribution is 2.40. The van der Waals surface area contributed by atoms with Gasteiger partial charge < -0.3 is 10.6 Å². The van der Waals surface area contributed by atoms with Crippen LogP contribution in [0.1, 0.15) is 40.5 Å². The standard InChI is InChI=1S/C29H25N3O4/c1-18-11-16-22-24(17-18)29(36)32(28(22)35)25-10-6-5-9-23(25)27(34)31-21-14-12-19(13-15-21)26(33)30-20-7-3-2-4-8-20/h2-15,22,24H,16-17H2,1H3,(H,30,33)(H,31,34)/t22-,24+/m1/s1. The molecule has 36 heavy (non-hydrogen) atoms. The molecule has 0 bridgehead atoms. The molecule has 3 aromatic rings. The lowest BCUT2D eigenvalue weighted by molar-refractivity contribution is -0.122. The lowest BCUT2D eigenvalue weighted by Crippen LogP contribution is -2.33. The summed E-state index contributed by atoms with van der Waals surface area (Å²) >= 11 is 0. The van der Waals surface area contributed by atoms with E-state index in [1.807, 2.05) is 31.2 Å². The summed E-state index contributed by atoms with van der Waals surface area (Å²) < 4.78 is 0. The monoisotopic (exact) mass is 479 g/mol. The summed E-state index contributed by atoms with van der Waals surface area (Å²) in [7, 11) is 0. The first-order chi connectivity index (χ1) is 17.4. The normalized spacial score (nSPS) is 18.9. The number of hydrogen-bond acceptors (Lipinski definition) is 4. The number of carbonyl (C=O) groups excluding carboxylic acids is 4. The first-order valence-electron chi connectivity index (χ1n) is 11.8. The molecule has 1 aliphatic carbocycles. The molecule has 7 nitrogen and oxygen atoms in total. The molecule has 0 aromatic heterocycles. The van der Waals surface area contributed by atoms with Crippen molar-refractivity contribution in [2.75, 3.05) is 15.5 Å². The molecule has 1 heterocycles. The third kappa shape index (κ3) is 4.43. The van der Waals surface area contributed by atoms with Crippen LogP contribution in [0.15, 0.2) is 90.5 Å². The Morgan fingerprint density at radius 2 is 1.36 bits per heavy atom. The minimum Gasteiger partial charge on any atom is -0.322 e. The Bertz CT molecular complexity index is 1380. The van der Waals surface area contributed by atoms with Crippen molar-refractivity contribution in [2.45, 2.75) is 19.8 Å². The molecule has 1 aliphatic heterocycles. The maximum atomic E-state index is 13.2. The quantitative estimate of drug-likeness (QED) is 0.396. The number of nitrogens with zero attached hydrogens (tertiary/aromatic N) is 1. The number of amides is 4. The zero-order valence-corrected chi connectivity index (χ0v) is 19.7. The van der Waals surface area contributed by atoms with Gasteiger partial charge in [-0.3, -0.25) is 19.2 Å². The number of carbonyl (C=O) groups is 4. The molecule has 0 spiro atoms. The number of imide groups is 1. The predicted molar refractivity (Wildman–Crippen MR) is 138 cm³/mol. The molecule has 0 saturated carbocycles. The van der Waals surface area contributed by atoms with E-state index in [1.165, 1.54) is 4.90 Å². The Kier molecular flexibility index (Phi) is 6.21. The fourth-order valence-electron chi connectivity index (χ4n) is 4.76. The second-order valence-electron chi connectivity index (χ2n) is 9.08. The van der Waals surface area contributed by atoms with E-state index < -0.39 is 5.91 Å². The molecule has 0 unspecified atom stereocenters. The zero-order chi connectivity index (χ0) is 25.2. The van der Waals surface area contributed by atoms with Gasteiger partial charge >= 0.3 is 0 Å². The van der Waals surface area contributed by atoms with E-state index in [2.05, 4.69) is 10.6 Å². The van der Waals surface area contributed by atoms with Crippen LogP contribution in [0.4, 0.5) is 17.1 Å². The first kappa shape index (κ1) is 23.2. The summed E-state index contributed by atoms with van der Waals surface area (Å²) in [5, 5.41) is 5.62. The van der Waals surface area contributed by atoms with Crippen LogP contribution in [-0.4, -0.2) is 23.6 Å². The van der Waals surface area contributed by atoms with Crippen molar-refractivity contribution < 1.29 is 19.2 Å². The van der Waals surface area contributed by atoms with Gasteiger partial charge in [0.15, 0.2) is 0 Å². The highest BCUT2D eigenvalue weighted by Gasteiger charge is 2.49. The number of para-hydroxylation sites is 2. The lowest BCUT2D eigenvalue weighted by atomic mass is 9.82. The van der Waals surface area contributed by atoms with E-state index in [1.54, 1.807) is 60.7 Å². The summed E-state index contributed by atoms with van der Waals surface area (Å²) in [6.07, 6.45) is 3.11. The second kappa shape index (κ2) is 9.62. The Balaban J connectivity index is 1.32. The summed E-state index contributed by atoms with van der Waals surface area (Å²) in [6, 6.07) is 22.3. The van der Waals surface area contributed by atoms with Crippen molar-refractivity contribution in [3.63, 3.8) is 0 Å². The number of allylic oxidation sites excluding steroid dienone is 2. The molecule has 2 aliphatic rings. The molecule has 2 N–H and O–H groups in total. The summed E-state index contributed by atoms with van der Waals surface area (Å²) in [5.41, 5.74) is 3.24. The number of nitrogens with one attached hydrogen (secondary N) is 2. The van der Waals surface area contributed by atoms with Gasteiger partial charge in [-0.05, 0) is 68.3 Å². The maximum absolute atomic E-state index is 13.2. The van der Waals surface area contributed by atoms with Crippen LogP contribution in [0.5, 0.6) is 0 Å². The van der Waals surface area contributed by atoms with Crippen LogP contribution in [0.2, 0.25) is 0 Å². The molecular formula is C29H25N3O4. The molecule has 7 heteroatoms. The van der Waals surface area contributed by atoms with E-state index in [-0.39, 0.29) is 40.8 Å². The van der Waals surface area contributed by atoms with Crippen molar-refractivity contribution in [3.8, 4) is 0 Å². The number of rotatable bonds is 5. The Labute approximate surface area is 208 Å². The highest BCUT2D eigenvalue weighted by atomic mass is 16.2. The van der Waals surface area contributed by atoms with Gasteiger partial charge in [0, 0.05) is 16.9 Å². The predicted octanol–water partition coefficient (Wildman–Crippen LogP) is 5.04. The van der Waals surface area contributed by atoms with E-state index >= 15 is 0 Å². The average molecular weight is 480 g/mol. The number of hydrogen-bond donors (Lipinski definition) is 2. The average Bonchev–Trinajstić information content (AvgIpc) is 3.13. The molecule has 5 rings (SSSR count). The van der Waals surface area contributed by atoms with Crippen molar-refractivity contribution in [1.29, 1.82) is 0 Å². The minimum absolute atomic E-state index is 0.230. The van der Waals surface area contributed by atoms with Crippen molar-refractivity contribution in [1.82, 2.24) is 0 Å². The van der Waals surface area contributed by atoms with Gasteiger partial charge in [0.25, 0.3) is 11.8 Å². The van der Waals surface area contributed by atoms with Gasteiger partial charge in [-0.1, -0.05) is 42.0 Å². The summed E-state index contributed by atoms with van der Waals surface area (Å²) in [6.45, 7) is 1.97. The molecule has 2 atom stereocenters. The van der Waals surface area contributed by atoms with Crippen LogP contribution < -0.4 is 15.5 Å². The number of fused-ring (bicyclic) bond motifs is 1. The van der Waals surface area contributed by atoms with Crippen molar-refractivity contribution in [2.24, 2.45) is 11.8 Å². The van der Waals surface area contributed by atoms with Crippen molar-refractivity contribution >= 4 is 40.7 Å². The minimum atomic E-state index is -0.447. The largest absolute Gasteiger partial charge is 0.322 e. The number of benzene rings is 3. The van der Waals surface area contributed by atoms with E-state index in [4.69, 9.17) is 0 Å². The fourth-order valence-corrected chi connectivity index (χ4v) is 4.76. The Morgan fingerprint density at radius 3 is 2.11 bits per heavy atom. The van der Waals surface area contributed by atoms with Crippen LogP contribution in [0, 0.1) is 11.8 Å². The fraction of sp³-hybridized carbons (Fsp3) is 0.172. The molecule has 180 valence electrons. The molecule has 4 amide bonds. The van der Waals surface area contributed by atoms with Gasteiger partial charge in [0.1, 0.15) is 0 Å². The van der Waals surface area contributed by atoms with Crippen LogP contribution in [-0.2, 0) is 9.59 Å². The summed E-state index contributed by atoms with van der Waals surface area (Å²) in [5.74, 6) is -1.99. The van der Waals surface area contributed by atoms with E-state index in [9.17, 15) is 19.2 Å². The van der Waals surface area contributed by atoms with E-state index in [0.717, 1.165) is 5.57 Å². The highest BCUT2D eigenvalue weighted by molar-refractivity contribution is 6.25. The third-order valence-corrected chi connectivity index (χ3v) is 6.65. The van der Waals surface area contributed by atoms with E-state index in [0.29, 0.717) is 29.8 Å². The molecular weight excluding hydrogens is 454 g/mol. The smallest absolute Gasteiger partial charge is 0.257 e. The third-order valence-electron chi connectivity index (χ3n) is 6.65. The van der Waals surface area contributed by atoms with Gasteiger partial charge in [-0.2, -0.15) is 0 Å². The molecule has 0 radical (unpaired) electrons.